The molecule has 0 spiro atoms. The highest BCUT2D eigenvalue weighted by molar-refractivity contribution is 5.76. The molecule has 5 heteroatoms. The van der Waals surface area contributed by atoms with Crippen LogP contribution < -0.4 is 0 Å². The number of piperidine rings is 3. The molecule has 2 bridgehead atoms. The lowest BCUT2D eigenvalue weighted by atomic mass is 9.72. The van der Waals surface area contributed by atoms with Crippen LogP contribution in [0.4, 0.5) is 0 Å². The fraction of sp³-hybridized carbons (Fsp3) is 0.800. The van der Waals surface area contributed by atoms with E-state index in [1.807, 2.05) is 4.90 Å². The number of fused-ring (bicyclic) bond motifs is 3. The van der Waals surface area contributed by atoms with Gasteiger partial charge in [-0.05, 0) is 37.8 Å². The van der Waals surface area contributed by atoms with Crippen LogP contribution in [0.15, 0.2) is 0 Å². The Morgan fingerprint density at radius 1 is 1.20 bits per heavy atom. The molecule has 3 aliphatic rings. The van der Waals surface area contributed by atoms with Gasteiger partial charge in [-0.25, -0.2) is 0 Å². The van der Waals surface area contributed by atoms with Crippen LogP contribution in [-0.2, 0) is 9.59 Å². The number of aliphatic carboxylic acids is 2. The Labute approximate surface area is 87.7 Å². The summed E-state index contributed by atoms with van der Waals surface area (Å²) in [6.07, 6.45) is 1.88. The van der Waals surface area contributed by atoms with Crippen molar-refractivity contribution in [3.05, 3.63) is 0 Å². The Morgan fingerprint density at radius 2 is 1.80 bits per heavy atom. The SMILES string of the molecule is O=C(O)C[C@@H]1C2CCN(CC2)[C@@H]1C(=O)O. The normalized spacial score (nSPS) is 38.9. The van der Waals surface area contributed by atoms with Crippen LogP contribution in [0.3, 0.4) is 0 Å². The van der Waals surface area contributed by atoms with E-state index in [0.717, 1.165) is 25.9 Å². The zero-order valence-electron chi connectivity index (χ0n) is 8.43. The molecule has 0 aliphatic carbocycles. The molecule has 0 unspecified atom stereocenters. The lowest BCUT2D eigenvalue weighted by Gasteiger charge is -2.48. The zero-order chi connectivity index (χ0) is 11.0. The van der Waals surface area contributed by atoms with Gasteiger partial charge in [-0.3, -0.25) is 14.5 Å². The summed E-state index contributed by atoms with van der Waals surface area (Å²) in [6.45, 7) is 1.61. The van der Waals surface area contributed by atoms with Crippen molar-refractivity contribution in [1.82, 2.24) is 4.90 Å². The second-order valence-electron chi connectivity index (χ2n) is 4.42. The standard InChI is InChI=1S/C10H15NO4/c12-8(13)5-7-6-1-3-11(4-2-6)9(7)10(14)15/h6-7,9H,1-5H2,(H,12,13)(H,14,15)/t7-,9+/m1/s1. The first-order valence-electron chi connectivity index (χ1n) is 5.28. The van der Waals surface area contributed by atoms with E-state index in [1.165, 1.54) is 0 Å². The van der Waals surface area contributed by atoms with Crippen molar-refractivity contribution in [3.63, 3.8) is 0 Å². The highest BCUT2D eigenvalue weighted by atomic mass is 16.4. The summed E-state index contributed by atoms with van der Waals surface area (Å²) in [7, 11) is 0. The smallest absolute Gasteiger partial charge is 0.321 e. The summed E-state index contributed by atoms with van der Waals surface area (Å²) in [5.74, 6) is -1.68. The molecule has 3 heterocycles. The maximum atomic E-state index is 11.1. The molecule has 2 atom stereocenters. The molecule has 5 nitrogen and oxygen atoms in total. The molecule has 3 rings (SSSR count). The van der Waals surface area contributed by atoms with E-state index in [4.69, 9.17) is 10.2 Å². The van der Waals surface area contributed by atoms with Crippen molar-refractivity contribution in [1.29, 1.82) is 0 Å². The molecule has 0 saturated carbocycles. The van der Waals surface area contributed by atoms with Crippen molar-refractivity contribution >= 4 is 11.9 Å². The molecule has 0 aromatic heterocycles. The van der Waals surface area contributed by atoms with E-state index in [2.05, 4.69) is 0 Å². The molecule has 0 amide bonds. The van der Waals surface area contributed by atoms with Crippen LogP contribution in [0.25, 0.3) is 0 Å². The van der Waals surface area contributed by atoms with Gasteiger partial charge < -0.3 is 10.2 Å². The third-order valence-corrected chi connectivity index (χ3v) is 3.64. The Balaban J connectivity index is 2.17. The minimum Gasteiger partial charge on any atom is -0.481 e. The number of rotatable bonds is 3. The maximum absolute atomic E-state index is 11.1. The Bertz CT molecular complexity index is 283. The Hall–Kier alpha value is -1.10. The van der Waals surface area contributed by atoms with Crippen molar-refractivity contribution in [2.45, 2.75) is 25.3 Å². The quantitative estimate of drug-likeness (QED) is 0.703. The van der Waals surface area contributed by atoms with Crippen LogP contribution in [0.1, 0.15) is 19.3 Å². The fourth-order valence-electron chi connectivity index (χ4n) is 2.97. The lowest BCUT2D eigenvalue weighted by molar-refractivity contribution is -0.155. The third-order valence-electron chi connectivity index (χ3n) is 3.64. The number of hydrogen-bond acceptors (Lipinski definition) is 3. The second kappa shape index (κ2) is 3.81. The average molecular weight is 213 g/mol. The molecule has 84 valence electrons. The van der Waals surface area contributed by atoms with Gasteiger partial charge in [-0.15, -0.1) is 0 Å². The predicted molar refractivity (Wildman–Crippen MR) is 51.5 cm³/mol. The molecular weight excluding hydrogens is 198 g/mol. The monoisotopic (exact) mass is 213 g/mol. The van der Waals surface area contributed by atoms with Gasteiger partial charge >= 0.3 is 11.9 Å². The van der Waals surface area contributed by atoms with E-state index in [9.17, 15) is 9.59 Å². The molecule has 3 aliphatic heterocycles. The van der Waals surface area contributed by atoms with Gasteiger partial charge in [0.15, 0.2) is 0 Å². The van der Waals surface area contributed by atoms with Gasteiger partial charge in [-0.2, -0.15) is 0 Å². The van der Waals surface area contributed by atoms with Gasteiger partial charge in [-0.1, -0.05) is 0 Å². The molecule has 15 heavy (non-hydrogen) atoms. The van der Waals surface area contributed by atoms with E-state index in [0.29, 0.717) is 0 Å². The van der Waals surface area contributed by atoms with Crippen molar-refractivity contribution in [3.8, 4) is 0 Å². The van der Waals surface area contributed by atoms with Crippen LogP contribution >= 0.6 is 0 Å². The number of hydrogen-bond donors (Lipinski definition) is 2. The summed E-state index contributed by atoms with van der Waals surface area (Å²) in [6, 6.07) is -0.575. The first-order chi connectivity index (χ1) is 7.09. The first-order valence-corrected chi connectivity index (χ1v) is 5.28. The topological polar surface area (TPSA) is 77.8 Å². The summed E-state index contributed by atoms with van der Waals surface area (Å²) in [5, 5.41) is 17.9. The van der Waals surface area contributed by atoms with Crippen LogP contribution in [0, 0.1) is 11.8 Å². The highest BCUT2D eigenvalue weighted by Crippen LogP contribution is 2.38. The molecule has 3 fully saturated rings. The van der Waals surface area contributed by atoms with Crippen molar-refractivity contribution in [2.75, 3.05) is 13.1 Å². The minimum absolute atomic E-state index is 0.0157. The molecule has 0 aromatic rings. The van der Waals surface area contributed by atoms with Gasteiger partial charge in [0.2, 0.25) is 0 Å². The molecule has 0 radical (unpaired) electrons. The average Bonchev–Trinajstić information content (AvgIpc) is 2.17. The van der Waals surface area contributed by atoms with Gasteiger partial charge in [0, 0.05) is 0 Å². The van der Waals surface area contributed by atoms with Gasteiger partial charge in [0.1, 0.15) is 6.04 Å². The van der Waals surface area contributed by atoms with Crippen LogP contribution in [0.5, 0.6) is 0 Å². The van der Waals surface area contributed by atoms with Gasteiger partial charge in [0.25, 0.3) is 0 Å². The Morgan fingerprint density at radius 3 is 2.27 bits per heavy atom. The zero-order valence-corrected chi connectivity index (χ0v) is 8.43. The number of nitrogens with zero attached hydrogens (tertiary/aromatic N) is 1. The summed E-state index contributed by atoms with van der Waals surface area (Å²) in [4.78, 5) is 23.7. The van der Waals surface area contributed by atoms with Crippen molar-refractivity contribution < 1.29 is 19.8 Å². The second-order valence-corrected chi connectivity index (χ2v) is 4.42. The van der Waals surface area contributed by atoms with E-state index in [-0.39, 0.29) is 18.3 Å². The number of carboxylic acids is 2. The molecule has 3 saturated heterocycles. The summed E-state index contributed by atoms with van der Waals surface area (Å²) in [5.41, 5.74) is 0. The molecular formula is C10H15NO4. The number of carbonyl (C=O) groups is 2. The van der Waals surface area contributed by atoms with Gasteiger partial charge in [0.05, 0.1) is 6.42 Å². The van der Waals surface area contributed by atoms with Crippen molar-refractivity contribution in [2.24, 2.45) is 11.8 Å². The number of carboxylic acid groups (broad SMARTS) is 2. The Kier molecular flexibility index (Phi) is 2.65. The highest BCUT2D eigenvalue weighted by Gasteiger charge is 2.46. The largest absolute Gasteiger partial charge is 0.481 e. The fourth-order valence-corrected chi connectivity index (χ4v) is 2.97. The molecule has 0 aromatic carbocycles. The summed E-state index contributed by atoms with van der Waals surface area (Å²) < 4.78 is 0. The molecule has 2 N–H and O–H groups in total. The maximum Gasteiger partial charge on any atom is 0.321 e. The van der Waals surface area contributed by atoms with E-state index < -0.39 is 18.0 Å². The van der Waals surface area contributed by atoms with E-state index in [1.54, 1.807) is 0 Å². The van der Waals surface area contributed by atoms with Crippen LogP contribution in [0.2, 0.25) is 0 Å². The minimum atomic E-state index is -0.889. The summed E-state index contributed by atoms with van der Waals surface area (Å²) >= 11 is 0. The lowest BCUT2D eigenvalue weighted by Crippen LogP contribution is -2.58. The van der Waals surface area contributed by atoms with Crippen LogP contribution in [-0.4, -0.2) is 46.2 Å². The predicted octanol–water partition coefficient (Wildman–Crippen LogP) is 0.256. The van der Waals surface area contributed by atoms with E-state index >= 15 is 0 Å². The third kappa shape index (κ3) is 1.84. The first kappa shape index (κ1) is 10.4.